The van der Waals surface area contributed by atoms with Crippen LogP contribution in [0.1, 0.15) is 34.5 Å². The predicted octanol–water partition coefficient (Wildman–Crippen LogP) is 2.02. The van der Waals surface area contributed by atoms with Crippen LogP contribution in [0.25, 0.3) is 0 Å². The molecule has 0 bridgehead atoms. The lowest BCUT2D eigenvalue weighted by Gasteiger charge is -2.18. The lowest BCUT2D eigenvalue weighted by atomic mass is 10.2. The Labute approximate surface area is 151 Å². The van der Waals surface area contributed by atoms with Crippen LogP contribution in [0, 0.1) is 0 Å². The number of aromatic nitrogens is 2. The molecule has 7 nitrogen and oxygen atoms in total. The van der Waals surface area contributed by atoms with Crippen LogP contribution in [-0.4, -0.2) is 46.7 Å². The van der Waals surface area contributed by atoms with Crippen LogP contribution in [-0.2, 0) is 12.8 Å². The maximum atomic E-state index is 12.8. The molecule has 2 aliphatic heterocycles. The van der Waals surface area contributed by atoms with E-state index in [4.69, 9.17) is 9.47 Å². The molecule has 1 amide bonds. The highest BCUT2D eigenvalue weighted by Crippen LogP contribution is 2.33. The summed E-state index contributed by atoms with van der Waals surface area (Å²) >= 11 is 0. The smallest absolute Gasteiger partial charge is 0.254 e. The summed E-state index contributed by atoms with van der Waals surface area (Å²) in [6.45, 7) is 1.62. The fourth-order valence-electron chi connectivity index (χ4n) is 3.95. The van der Waals surface area contributed by atoms with Gasteiger partial charge in [-0.05, 0) is 43.9 Å². The number of rotatable bonds is 3. The Morgan fingerprint density at radius 3 is 3.08 bits per heavy atom. The molecular weight excluding hydrogens is 332 g/mol. The highest BCUT2D eigenvalue weighted by Gasteiger charge is 2.29. The number of hydrogen-bond acceptors (Lipinski definition) is 6. The summed E-state index contributed by atoms with van der Waals surface area (Å²) in [4.78, 5) is 23.5. The number of anilines is 1. The summed E-state index contributed by atoms with van der Waals surface area (Å²) in [7, 11) is 0. The second-order valence-electron chi connectivity index (χ2n) is 6.95. The van der Waals surface area contributed by atoms with Crippen LogP contribution in [0.4, 0.5) is 5.82 Å². The van der Waals surface area contributed by atoms with Crippen molar-refractivity contribution in [3.05, 3.63) is 41.3 Å². The first-order valence-electron chi connectivity index (χ1n) is 9.06. The van der Waals surface area contributed by atoms with Crippen molar-refractivity contribution < 1.29 is 14.3 Å². The molecule has 134 valence electrons. The summed E-state index contributed by atoms with van der Waals surface area (Å²) in [5, 5.41) is 3.53. The standard InChI is InChI=1S/C19H20N4O3/c24-19(12-4-5-16-17(8-12)26-11-25-16)23-7-6-13(9-23)22-18-14-2-1-3-15(14)20-10-21-18/h4-5,8,10,13H,1-3,6-7,9,11H2,(H,20,21,22)/t13-/m0/s1. The van der Waals surface area contributed by atoms with Gasteiger partial charge in [-0.2, -0.15) is 0 Å². The van der Waals surface area contributed by atoms with E-state index in [0.29, 0.717) is 23.6 Å². The quantitative estimate of drug-likeness (QED) is 0.911. The molecule has 0 spiro atoms. The van der Waals surface area contributed by atoms with Crippen molar-refractivity contribution in [2.24, 2.45) is 0 Å². The molecule has 2 aromatic rings. The topological polar surface area (TPSA) is 76.6 Å². The minimum Gasteiger partial charge on any atom is -0.454 e. The first kappa shape index (κ1) is 15.4. The highest BCUT2D eigenvalue weighted by atomic mass is 16.7. The van der Waals surface area contributed by atoms with Gasteiger partial charge in [0.1, 0.15) is 12.1 Å². The van der Waals surface area contributed by atoms with Crippen molar-refractivity contribution in [3.63, 3.8) is 0 Å². The summed E-state index contributed by atoms with van der Waals surface area (Å²) in [5.41, 5.74) is 3.04. The Kier molecular flexibility index (Phi) is 3.65. The van der Waals surface area contributed by atoms with Gasteiger partial charge in [0.2, 0.25) is 6.79 Å². The molecule has 1 saturated heterocycles. The number of aryl methyl sites for hydroxylation is 1. The molecule has 7 heteroatoms. The zero-order chi connectivity index (χ0) is 17.5. The van der Waals surface area contributed by atoms with Gasteiger partial charge in [-0.1, -0.05) is 0 Å². The van der Waals surface area contributed by atoms with Crippen LogP contribution >= 0.6 is 0 Å². The fraction of sp³-hybridized carbons (Fsp3) is 0.421. The van der Waals surface area contributed by atoms with Crippen molar-refractivity contribution in [2.45, 2.75) is 31.7 Å². The van der Waals surface area contributed by atoms with Crippen LogP contribution in [0.2, 0.25) is 0 Å². The largest absolute Gasteiger partial charge is 0.454 e. The molecule has 1 atom stereocenters. The molecule has 0 radical (unpaired) electrons. The molecule has 1 aromatic carbocycles. The van der Waals surface area contributed by atoms with E-state index in [9.17, 15) is 4.79 Å². The predicted molar refractivity (Wildman–Crippen MR) is 94.6 cm³/mol. The fourth-order valence-corrected chi connectivity index (χ4v) is 3.95. The number of ether oxygens (including phenoxy) is 2. The van der Waals surface area contributed by atoms with Crippen LogP contribution < -0.4 is 14.8 Å². The molecule has 1 aromatic heterocycles. The molecule has 1 fully saturated rings. The van der Waals surface area contributed by atoms with E-state index in [1.807, 2.05) is 4.90 Å². The zero-order valence-electron chi connectivity index (χ0n) is 14.4. The van der Waals surface area contributed by atoms with Gasteiger partial charge < -0.3 is 19.7 Å². The maximum Gasteiger partial charge on any atom is 0.254 e. The van der Waals surface area contributed by atoms with Gasteiger partial charge in [0.25, 0.3) is 5.91 Å². The molecule has 3 heterocycles. The van der Waals surface area contributed by atoms with Gasteiger partial charge in [0.05, 0.1) is 0 Å². The molecule has 0 unspecified atom stereocenters. The lowest BCUT2D eigenvalue weighted by Crippen LogP contribution is -2.31. The van der Waals surface area contributed by atoms with Crippen LogP contribution in [0.15, 0.2) is 24.5 Å². The van der Waals surface area contributed by atoms with E-state index in [1.54, 1.807) is 24.5 Å². The van der Waals surface area contributed by atoms with E-state index < -0.39 is 0 Å². The Hall–Kier alpha value is -2.83. The molecule has 1 N–H and O–H groups in total. The molecule has 5 rings (SSSR count). The van der Waals surface area contributed by atoms with Crippen LogP contribution in [0.5, 0.6) is 11.5 Å². The molecule has 26 heavy (non-hydrogen) atoms. The second kappa shape index (κ2) is 6.16. The summed E-state index contributed by atoms with van der Waals surface area (Å²) in [6, 6.07) is 5.58. The van der Waals surface area contributed by atoms with Crippen molar-refractivity contribution in [1.29, 1.82) is 0 Å². The first-order valence-corrected chi connectivity index (χ1v) is 9.06. The number of benzene rings is 1. The monoisotopic (exact) mass is 352 g/mol. The Morgan fingerprint density at radius 1 is 1.19 bits per heavy atom. The zero-order valence-corrected chi connectivity index (χ0v) is 14.4. The number of nitrogens with zero attached hydrogens (tertiary/aromatic N) is 3. The Morgan fingerprint density at radius 2 is 2.12 bits per heavy atom. The minimum absolute atomic E-state index is 0.0283. The molecule has 0 saturated carbocycles. The number of carbonyl (C=O) groups is 1. The maximum absolute atomic E-state index is 12.8. The number of likely N-dealkylation sites (tertiary alicyclic amines) is 1. The number of fused-ring (bicyclic) bond motifs is 2. The van der Waals surface area contributed by atoms with Gasteiger partial charge in [0, 0.05) is 36.0 Å². The van der Waals surface area contributed by atoms with E-state index in [0.717, 1.165) is 43.7 Å². The molecular formula is C19H20N4O3. The van der Waals surface area contributed by atoms with Gasteiger partial charge in [0.15, 0.2) is 11.5 Å². The average molecular weight is 352 g/mol. The van der Waals surface area contributed by atoms with Gasteiger partial charge >= 0.3 is 0 Å². The SMILES string of the molecule is O=C(c1ccc2c(c1)OCO2)N1CC[C@H](Nc2ncnc3c2CCC3)C1. The van der Waals surface area contributed by atoms with Crippen molar-refractivity contribution in [1.82, 2.24) is 14.9 Å². The summed E-state index contributed by atoms with van der Waals surface area (Å²) < 4.78 is 10.7. The van der Waals surface area contributed by atoms with Gasteiger partial charge in [-0.25, -0.2) is 9.97 Å². The molecule has 3 aliphatic rings. The number of carbonyl (C=O) groups excluding carboxylic acids is 1. The first-order chi connectivity index (χ1) is 12.8. The lowest BCUT2D eigenvalue weighted by molar-refractivity contribution is 0.0791. The molecule has 1 aliphatic carbocycles. The van der Waals surface area contributed by atoms with Crippen molar-refractivity contribution in [2.75, 3.05) is 25.2 Å². The van der Waals surface area contributed by atoms with E-state index >= 15 is 0 Å². The number of amides is 1. The van der Waals surface area contributed by atoms with Crippen LogP contribution in [0.3, 0.4) is 0 Å². The average Bonchev–Trinajstić information content (AvgIpc) is 3.40. The van der Waals surface area contributed by atoms with Crippen molar-refractivity contribution in [3.8, 4) is 11.5 Å². The van der Waals surface area contributed by atoms with Gasteiger partial charge in [-0.3, -0.25) is 4.79 Å². The van der Waals surface area contributed by atoms with E-state index in [1.165, 1.54) is 5.56 Å². The minimum atomic E-state index is 0.0283. The van der Waals surface area contributed by atoms with Gasteiger partial charge in [-0.15, -0.1) is 0 Å². The Bertz CT molecular complexity index is 870. The van der Waals surface area contributed by atoms with E-state index in [2.05, 4.69) is 15.3 Å². The second-order valence-corrected chi connectivity index (χ2v) is 6.95. The van der Waals surface area contributed by atoms with E-state index in [-0.39, 0.29) is 18.7 Å². The third-order valence-electron chi connectivity index (χ3n) is 5.31. The third-order valence-corrected chi connectivity index (χ3v) is 5.31. The number of hydrogen-bond donors (Lipinski definition) is 1. The highest BCUT2D eigenvalue weighted by molar-refractivity contribution is 5.95. The number of nitrogens with one attached hydrogen (secondary N) is 1. The normalized spacial score (nSPS) is 20.3. The summed E-state index contributed by atoms with van der Waals surface area (Å²) in [6.07, 6.45) is 5.76. The van der Waals surface area contributed by atoms with Crippen molar-refractivity contribution >= 4 is 11.7 Å². The third kappa shape index (κ3) is 2.64. The Balaban J connectivity index is 1.27. The summed E-state index contributed by atoms with van der Waals surface area (Å²) in [5.74, 6) is 2.30.